The predicted molar refractivity (Wildman–Crippen MR) is 272 cm³/mol. The minimum absolute atomic E-state index is 0.124. The fraction of sp³-hybridized carbons (Fsp3) is 0.0339. The molecule has 9 aromatic rings. The number of ether oxygens (including phenoxy) is 1. The van der Waals surface area contributed by atoms with Crippen LogP contribution in [0.1, 0.15) is 88.4 Å². The van der Waals surface area contributed by atoms with Crippen LogP contribution in [0.2, 0.25) is 0 Å². The van der Waals surface area contributed by atoms with Crippen LogP contribution in [0.5, 0.6) is 17.2 Å². The average molecular weight is 988 g/mol. The average Bonchev–Trinajstić information content (AvgIpc) is 4.16. The number of fused-ring (bicyclic) bond motifs is 5. The first kappa shape index (κ1) is 44.3. The van der Waals surface area contributed by atoms with Gasteiger partial charge in [-0.1, -0.05) is 30.3 Å². The molecule has 0 atom stereocenters. The van der Waals surface area contributed by atoms with Crippen molar-refractivity contribution in [2.75, 3.05) is 21.7 Å². The number of hydrogen-bond donors (Lipinski definition) is 1. The lowest BCUT2D eigenvalue weighted by atomic mass is 9.97. The van der Waals surface area contributed by atoms with Crippen LogP contribution in [0.4, 0.5) is 17.1 Å². The first-order chi connectivity index (χ1) is 36.2. The number of imide groups is 4. The molecule has 8 amide bonds. The van der Waals surface area contributed by atoms with E-state index in [0.29, 0.717) is 56.1 Å². The molecule has 0 saturated heterocycles. The molecule has 1 aromatic heterocycles. The molecule has 4 aliphatic rings. The predicted octanol–water partition coefficient (Wildman–Crippen LogP) is 10.3. The Labute approximate surface area is 423 Å². The maximum atomic E-state index is 13.9. The van der Waals surface area contributed by atoms with E-state index in [1.807, 2.05) is 19.1 Å². The fourth-order valence-electron chi connectivity index (χ4n) is 9.96. The summed E-state index contributed by atoms with van der Waals surface area (Å²) in [6.07, 6.45) is 0. The van der Waals surface area contributed by atoms with Crippen LogP contribution in [0.15, 0.2) is 162 Å². The smallest absolute Gasteiger partial charge is 0.266 e. The minimum Gasteiger partial charge on any atom is -0.507 e. The Morgan fingerprint density at radius 2 is 0.773 bits per heavy atom. The largest absolute Gasteiger partial charge is 0.507 e. The molecular weight excluding hydrogens is 955 g/mol. The number of aromatic hydroxyl groups is 1. The van der Waals surface area contributed by atoms with Gasteiger partial charge in [0.2, 0.25) is 5.89 Å². The van der Waals surface area contributed by atoms with Gasteiger partial charge in [0, 0.05) is 13.1 Å². The topological polar surface area (TPSA) is 205 Å². The number of phenolic OH excluding ortho intramolecular Hbond substituents is 1. The van der Waals surface area contributed by atoms with Crippen LogP contribution in [-0.4, -0.2) is 69.3 Å². The fourth-order valence-corrected chi connectivity index (χ4v) is 9.96. The zero-order chi connectivity index (χ0) is 51.7. The van der Waals surface area contributed by atoms with Gasteiger partial charge in [-0.05, 0) is 156 Å². The number of oxazole rings is 1. The molecule has 0 saturated carbocycles. The molecule has 8 aromatic carbocycles. The van der Waals surface area contributed by atoms with Gasteiger partial charge in [0.25, 0.3) is 47.3 Å². The van der Waals surface area contributed by atoms with Crippen molar-refractivity contribution in [3.8, 4) is 51.0 Å². The number of carbonyl (C=O) groups is 8. The number of hydrogen-bond acceptors (Lipinski definition) is 12. The molecule has 75 heavy (non-hydrogen) atoms. The third kappa shape index (κ3) is 6.80. The number of phenols is 1. The van der Waals surface area contributed by atoms with E-state index in [9.17, 15) is 43.5 Å². The maximum Gasteiger partial charge on any atom is 0.266 e. The van der Waals surface area contributed by atoms with Crippen molar-refractivity contribution in [1.82, 2.24) is 9.88 Å². The highest BCUT2D eigenvalue weighted by Gasteiger charge is 2.41. The van der Waals surface area contributed by atoms with Gasteiger partial charge < -0.3 is 14.3 Å². The van der Waals surface area contributed by atoms with Gasteiger partial charge in [-0.2, -0.15) is 0 Å². The zero-order valence-electron chi connectivity index (χ0n) is 39.3. The Morgan fingerprint density at radius 1 is 0.400 bits per heavy atom. The second-order valence-electron chi connectivity index (χ2n) is 18.3. The van der Waals surface area contributed by atoms with Crippen LogP contribution >= 0.6 is 0 Å². The molecule has 4 aliphatic heterocycles. The van der Waals surface area contributed by atoms with Crippen LogP contribution in [0.3, 0.4) is 0 Å². The van der Waals surface area contributed by atoms with Crippen molar-refractivity contribution >= 4 is 75.4 Å². The zero-order valence-corrected chi connectivity index (χ0v) is 39.3. The van der Waals surface area contributed by atoms with Crippen molar-refractivity contribution in [3.63, 3.8) is 0 Å². The third-order valence-electron chi connectivity index (χ3n) is 13.9. The number of aromatic nitrogens is 1. The number of carbonyl (C=O) groups excluding carboxylic acids is 8. The summed E-state index contributed by atoms with van der Waals surface area (Å²) in [6, 6.07) is 41.8. The molecular formula is C59H33N5O11. The van der Waals surface area contributed by atoms with Crippen LogP contribution in [0.25, 0.3) is 44.8 Å². The summed E-state index contributed by atoms with van der Waals surface area (Å²) in [4.78, 5) is 116. The van der Waals surface area contributed by atoms with Crippen LogP contribution in [0, 0.1) is 6.92 Å². The van der Waals surface area contributed by atoms with E-state index in [0.717, 1.165) is 25.2 Å². The normalized spacial score (nSPS) is 14.7. The number of amides is 8. The van der Waals surface area contributed by atoms with Crippen LogP contribution in [-0.2, 0) is 0 Å². The Bertz CT molecular complexity index is 4160. The second kappa shape index (κ2) is 16.2. The lowest BCUT2D eigenvalue weighted by Gasteiger charge is -2.16. The van der Waals surface area contributed by atoms with Gasteiger partial charge in [0.05, 0.1) is 67.1 Å². The molecule has 1 N–H and O–H groups in total. The SMILES string of the molecule is Cc1ccc2oc(-c3ccc(N4C(=O)c5ccc(-c6ccc7c(c6)C(=O)N(c6ccc(Oc8ccc(N9C(=O)c%10ccc(-c%11ccc%12c(c%11)C(=O)N(C)C%12=O)cc%10C9=O)cc8)cc6)C7=O)cc5C4=O)cc3O)nc2c1. The molecule has 360 valence electrons. The number of aryl methyl sites for hydroxylation is 1. The quantitative estimate of drug-likeness (QED) is 0.141. The molecule has 16 heteroatoms. The van der Waals surface area contributed by atoms with E-state index in [4.69, 9.17) is 9.15 Å². The Balaban J connectivity index is 0.677. The highest BCUT2D eigenvalue weighted by atomic mass is 16.5. The summed E-state index contributed by atoms with van der Waals surface area (Å²) in [7, 11) is 1.42. The van der Waals surface area contributed by atoms with Gasteiger partial charge in [-0.3, -0.25) is 43.3 Å². The molecule has 0 unspecified atom stereocenters. The van der Waals surface area contributed by atoms with Crippen LogP contribution < -0.4 is 19.4 Å². The number of rotatable bonds is 8. The molecule has 0 aliphatic carbocycles. The van der Waals surface area contributed by atoms with Gasteiger partial charge in [0.15, 0.2) is 5.58 Å². The Hall–Kier alpha value is -10.6. The van der Waals surface area contributed by atoms with E-state index in [2.05, 4.69) is 4.98 Å². The number of nitrogens with zero attached hydrogens (tertiary/aromatic N) is 5. The van der Waals surface area contributed by atoms with E-state index in [-0.39, 0.29) is 73.4 Å². The molecule has 5 heterocycles. The van der Waals surface area contributed by atoms with E-state index >= 15 is 0 Å². The van der Waals surface area contributed by atoms with E-state index in [1.54, 1.807) is 121 Å². The lowest BCUT2D eigenvalue weighted by molar-refractivity contribution is 0.0690. The molecule has 0 radical (unpaired) electrons. The van der Waals surface area contributed by atoms with Gasteiger partial charge >= 0.3 is 0 Å². The van der Waals surface area contributed by atoms with Gasteiger partial charge in [0.1, 0.15) is 22.8 Å². The maximum absolute atomic E-state index is 13.9. The van der Waals surface area contributed by atoms with Gasteiger partial charge in [-0.25, -0.2) is 19.7 Å². The molecule has 0 fully saturated rings. The molecule has 16 nitrogen and oxygen atoms in total. The Kier molecular flexibility index (Phi) is 9.58. The molecule has 13 rings (SSSR count). The monoisotopic (exact) mass is 987 g/mol. The van der Waals surface area contributed by atoms with Crippen molar-refractivity contribution in [3.05, 3.63) is 208 Å². The summed E-state index contributed by atoms with van der Waals surface area (Å²) in [6.45, 7) is 1.93. The summed E-state index contributed by atoms with van der Waals surface area (Å²) in [5.41, 5.74) is 7.03. The minimum atomic E-state index is -0.607. The first-order valence-corrected chi connectivity index (χ1v) is 23.3. The summed E-state index contributed by atoms with van der Waals surface area (Å²) >= 11 is 0. The van der Waals surface area contributed by atoms with E-state index < -0.39 is 41.4 Å². The number of benzene rings is 8. The molecule has 0 bridgehead atoms. The lowest BCUT2D eigenvalue weighted by Crippen LogP contribution is -2.29. The highest BCUT2D eigenvalue weighted by molar-refractivity contribution is 6.36. The second-order valence-corrected chi connectivity index (χ2v) is 18.3. The summed E-state index contributed by atoms with van der Waals surface area (Å²) in [5, 5.41) is 11.0. The number of anilines is 3. The van der Waals surface area contributed by atoms with Crippen molar-refractivity contribution in [2.45, 2.75) is 6.92 Å². The third-order valence-corrected chi connectivity index (χ3v) is 13.9. The molecule has 0 spiro atoms. The Morgan fingerprint density at radius 3 is 1.23 bits per heavy atom. The van der Waals surface area contributed by atoms with Gasteiger partial charge in [-0.15, -0.1) is 0 Å². The standard InChI is InChI=1S/C59H33N5O11/c1-29-3-22-50-48(23-29)60-51(75-50)43-21-12-36(28-49(43)65)64-56(70)42-20-7-33(27-47(42)59(64)73)32-6-19-41-46(26-32)58(72)63(55(41)69)35-10-15-38(16-11-35)74-37-13-8-34(9-14-37)62-54(68)40-18-5-31(25-45(40)57(62)71)30-4-17-39-44(24-30)53(67)61(2)52(39)66/h3-28,65H,1-2H3. The van der Waals surface area contributed by atoms with Crippen molar-refractivity contribution < 1.29 is 52.6 Å². The first-order valence-electron chi connectivity index (χ1n) is 23.3. The summed E-state index contributed by atoms with van der Waals surface area (Å²) < 4.78 is 11.9. The highest BCUT2D eigenvalue weighted by Crippen LogP contribution is 2.40. The van der Waals surface area contributed by atoms with Crippen molar-refractivity contribution in [1.29, 1.82) is 0 Å². The van der Waals surface area contributed by atoms with E-state index in [1.165, 1.54) is 31.3 Å². The van der Waals surface area contributed by atoms with Crippen molar-refractivity contribution in [2.24, 2.45) is 0 Å². The summed E-state index contributed by atoms with van der Waals surface area (Å²) in [5.74, 6) is -3.43.